The van der Waals surface area contributed by atoms with E-state index in [1.54, 1.807) is 11.1 Å². The van der Waals surface area contributed by atoms with E-state index >= 15 is 0 Å². The van der Waals surface area contributed by atoms with Crippen molar-refractivity contribution in [1.82, 2.24) is 5.32 Å². The van der Waals surface area contributed by atoms with Gasteiger partial charge in [0.2, 0.25) is 0 Å². The second-order valence-electron chi connectivity index (χ2n) is 6.49. The van der Waals surface area contributed by atoms with Gasteiger partial charge < -0.3 is 10.1 Å². The van der Waals surface area contributed by atoms with Crippen molar-refractivity contribution >= 4 is 15.9 Å². The fourth-order valence-electron chi connectivity index (χ4n) is 3.93. The summed E-state index contributed by atoms with van der Waals surface area (Å²) in [5, 5.41) is 3.55. The Morgan fingerprint density at radius 2 is 2.10 bits per heavy atom. The van der Waals surface area contributed by atoms with Gasteiger partial charge >= 0.3 is 0 Å². The minimum absolute atomic E-state index is 0.759. The summed E-state index contributed by atoms with van der Waals surface area (Å²) in [6, 6.07) is 2.31. The van der Waals surface area contributed by atoms with Crippen LogP contribution in [0.15, 0.2) is 10.5 Å². The van der Waals surface area contributed by atoms with Crippen molar-refractivity contribution in [2.24, 2.45) is 5.92 Å². The van der Waals surface area contributed by atoms with Crippen LogP contribution in [-0.4, -0.2) is 20.2 Å². The Morgan fingerprint density at radius 3 is 2.86 bits per heavy atom. The molecule has 2 aliphatic rings. The molecular weight excluding hydrogens is 326 g/mol. The Labute approximate surface area is 136 Å². The van der Waals surface area contributed by atoms with Gasteiger partial charge in [-0.3, -0.25) is 0 Å². The van der Waals surface area contributed by atoms with Gasteiger partial charge in [0, 0.05) is 0 Å². The maximum Gasteiger partial charge on any atom is 0.136 e. The molecule has 3 heteroatoms. The van der Waals surface area contributed by atoms with Crippen molar-refractivity contribution in [3.05, 3.63) is 27.2 Å². The van der Waals surface area contributed by atoms with Gasteiger partial charge in [0.05, 0.1) is 11.6 Å². The fourth-order valence-corrected chi connectivity index (χ4v) is 4.61. The van der Waals surface area contributed by atoms with E-state index in [4.69, 9.17) is 4.74 Å². The number of hydrogen-bond acceptors (Lipinski definition) is 2. The highest BCUT2D eigenvalue weighted by Gasteiger charge is 2.23. The van der Waals surface area contributed by atoms with Gasteiger partial charge in [0.1, 0.15) is 5.75 Å². The number of piperidine rings is 1. The van der Waals surface area contributed by atoms with E-state index < -0.39 is 0 Å². The number of nitrogens with one attached hydrogen (secondary N) is 1. The maximum absolute atomic E-state index is 5.76. The molecule has 1 atom stereocenters. The lowest BCUT2D eigenvalue weighted by molar-refractivity contribution is 0.362. The monoisotopic (exact) mass is 351 g/mol. The number of ether oxygens (including phenoxy) is 1. The Kier molecular flexibility index (Phi) is 5.23. The van der Waals surface area contributed by atoms with Gasteiger partial charge in [-0.25, -0.2) is 0 Å². The highest BCUT2D eigenvalue weighted by molar-refractivity contribution is 9.10. The number of aryl methyl sites for hydroxylation is 1. The van der Waals surface area contributed by atoms with Crippen molar-refractivity contribution < 1.29 is 4.74 Å². The van der Waals surface area contributed by atoms with E-state index in [9.17, 15) is 0 Å². The van der Waals surface area contributed by atoms with Gasteiger partial charge in [-0.1, -0.05) is 6.42 Å². The number of benzene rings is 1. The molecule has 0 amide bonds. The molecule has 1 aliphatic carbocycles. The van der Waals surface area contributed by atoms with E-state index in [2.05, 4.69) is 27.3 Å². The summed E-state index contributed by atoms with van der Waals surface area (Å²) in [6.45, 7) is 2.34. The zero-order valence-electron chi connectivity index (χ0n) is 13.0. The lowest BCUT2D eigenvalue weighted by Crippen LogP contribution is -2.31. The van der Waals surface area contributed by atoms with E-state index in [1.807, 2.05) is 7.11 Å². The van der Waals surface area contributed by atoms with Crippen LogP contribution in [0.4, 0.5) is 0 Å². The first-order chi connectivity index (χ1) is 10.3. The molecule has 0 saturated carbocycles. The quantitative estimate of drug-likeness (QED) is 0.821. The summed E-state index contributed by atoms with van der Waals surface area (Å²) < 4.78 is 6.90. The van der Waals surface area contributed by atoms with Crippen molar-refractivity contribution in [3.63, 3.8) is 0 Å². The van der Waals surface area contributed by atoms with E-state index in [-0.39, 0.29) is 0 Å². The Morgan fingerprint density at radius 1 is 1.24 bits per heavy atom. The Bertz CT molecular complexity index is 494. The summed E-state index contributed by atoms with van der Waals surface area (Å²) in [4.78, 5) is 0. The Balaban J connectivity index is 1.96. The molecule has 1 heterocycles. The fraction of sp³-hybridized carbons (Fsp3) is 0.667. The van der Waals surface area contributed by atoms with Crippen LogP contribution >= 0.6 is 15.9 Å². The lowest BCUT2D eigenvalue weighted by Gasteiger charge is -2.26. The molecule has 1 aromatic rings. The van der Waals surface area contributed by atoms with Gasteiger partial charge in [0.25, 0.3) is 0 Å². The van der Waals surface area contributed by atoms with Crippen molar-refractivity contribution in [2.75, 3.05) is 20.2 Å². The minimum Gasteiger partial charge on any atom is -0.495 e. The molecule has 0 spiro atoms. The van der Waals surface area contributed by atoms with Crippen LogP contribution in [0.2, 0.25) is 0 Å². The Hall–Kier alpha value is -0.540. The van der Waals surface area contributed by atoms with Crippen LogP contribution in [0.1, 0.15) is 48.8 Å². The molecule has 0 aromatic heterocycles. The highest BCUT2D eigenvalue weighted by Crippen LogP contribution is 2.38. The topological polar surface area (TPSA) is 21.3 Å². The van der Waals surface area contributed by atoms with Crippen LogP contribution < -0.4 is 10.1 Å². The molecule has 116 valence electrons. The molecule has 1 N–H and O–H groups in total. The molecule has 3 rings (SSSR count). The molecule has 1 saturated heterocycles. The third-order valence-electron chi connectivity index (χ3n) is 5.01. The van der Waals surface area contributed by atoms with Crippen LogP contribution in [0.3, 0.4) is 0 Å². The summed E-state index contributed by atoms with van der Waals surface area (Å²) in [5.41, 5.74) is 4.63. The van der Waals surface area contributed by atoms with Gasteiger partial charge in [-0.15, -0.1) is 0 Å². The average Bonchev–Trinajstić information content (AvgIpc) is 2.73. The third-order valence-corrected chi connectivity index (χ3v) is 5.60. The highest BCUT2D eigenvalue weighted by atomic mass is 79.9. The molecular formula is C18H26BrNO. The normalized spacial score (nSPS) is 22.5. The van der Waals surface area contributed by atoms with Crippen molar-refractivity contribution in [3.8, 4) is 5.75 Å². The SMILES string of the molecule is COc1c(Br)cc2c(c1CC1CCCNC1)CCCCC2. The standard InChI is InChI=1S/C18H26BrNO/c1-21-18-16(10-13-6-5-9-20-12-13)15-8-4-2-3-7-14(15)11-17(18)19/h11,13,20H,2-10,12H2,1H3. The molecule has 21 heavy (non-hydrogen) atoms. The average molecular weight is 352 g/mol. The molecule has 1 aromatic carbocycles. The van der Waals surface area contributed by atoms with E-state index in [0.717, 1.165) is 29.1 Å². The molecule has 2 nitrogen and oxygen atoms in total. The maximum atomic E-state index is 5.76. The molecule has 0 radical (unpaired) electrons. The van der Waals surface area contributed by atoms with Crippen LogP contribution in [0.25, 0.3) is 0 Å². The summed E-state index contributed by atoms with van der Waals surface area (Å²) >= 11 is 3.74. The first kappa shape index (κ1) is 15.4. The molecule has 1 unspecified atom stereocenters. The van der Waals surface area contributed by atoms with Gasteiger partial charge in [0.15, 0.2) is 0 Å². The number of hydrogen-bond donors (Lipinski definition) is 1. The third kappa shape index (κ3) is 3.45. The summed E-state index contributed by atoms with van der Waals surface area (Å²) in [5.74, 6) is 1.84. The number of fused-ring (bicyclic) bond motifs is 1. The number of rotatable bonds is 3. The van der Waals surface area contributed by atoms with Crippen LogP contribution in [0, 0.1) is 5.92 Å². The van der Waals surface area contributed by atoms with Crippen LogP contribution in [-0.2, 0) is 19.3 Å². The zero-order chi connectivity index (χ0) is 14.7. The lowest BCUT2D eigenvalue weighted by atomic mass is 9.87. The largest absolute Gasteiger partial charge is 0.495 e. The minimum atomic E-state index is 0.759. The summed E-state index contributed by atoms with van der Waals surface area (Å²) in [6.07, 6.45) is 10.3. The predicted molar refractivity (Wildman–Crippen MR) is 91.3 cm³/mol. The van der Waals surface area contributed by atoms with E-state index in [1.165, 1.54) is 57.1 Å². The van der Waals surface area contributed by atoms with Gasteiger partial charge in [-0.05, 0) is 103 Å². The van der Waals surface area contributed by atoms with E-state index in [0.29, 0.717) is 0 Å². The first-order valence-corrected chi connectivity index (χ1v) is 9.16. The summed E-state index contributed by atoms with van der Waals surface area (Å²) in [7, 11) is 1.81. The number of halogens is 1. The first-order valence-electron chi connectivity index (χ1n) is 8.37. The van der Waals surface area contributed by atoms with Crippen LogP contribution in [0.5, 0.6) is 5.75 Å². The zero-order valence-corrected chi connectivity index (χ0v) is 14.6. The second-order valence-corrected chi connectivity index (χ2v) is 7.34. The molecule has 0 bridgehead atoms. The van der Waals surface area contributed by atoms with Crippen molar-refractivity contribution in [1.29, 1.82) is 0 Å². The van der Waals surface area contributed by atoms with Crippen molar-refractivity contribution in [2.45, 2.75) is 51.4 Å². The molecule has 1 aliphatic heterocycles. The second kappa shape index (κ2) is 7.15. The smallest absolute Gasteiger partial charge is 0.136 e. The number of methoxy groups -OCH3 is 1. The van der Waals surface area contributed by atoms with Gasteiger partial charge in [-0.2, -0.15) is 0 Å². The predicted octanol–water partition coefficient (Wildman–Crippen LogP) is 4.27. The molecule has 1 fully saturated rings.